The van der Waals surface area contributed by atoms with Gasteiger partial charge in [-0.3, -0.25) is 19.8 Å². The van der Waals surface area contributed by atoms with Crippen LogP contribution in [-0.2, 0) is 16.6 Å². The number of nitrogen functional groups attached to an aromatic ring is 1. The van der Waals surface area contributed by atoms with Crippen LogP contribution in [0.25, 0.3) is 11.3 Å². The number of methoxy groups -OCH3 is 1. The smallest absolute Gasteiger partial charge is 0.308 e. The summed E-state index contributed by atoms with van der Waals surface area (Å²) in [5, 5.41) is 11.8. The first-order valence-electron chi connectivity index (χ1n) is 10.1. The molecule has 0 unspecified atom stereocenters. The second-order valence-corrected chi connectivity index (χ2v) is 7.81. The summed E-state index contributed by atoms with van der Waals surface area (Å²) in [4.78, 5) is 39.1. The van der Waals surface area contributed by atoms with Gasteiger partial charge in [0.05, 0.1) is 18.7 Å². The Hall–Kier alpha value is -3.49. The van der Waals surface area contributed by atoms with E-state index in [1.807, 2.05) is 0 Å². The highest BCUT2D eigenvalue weighted by Gasteiger charge is 2.31. The molecular weight excluding hydrogens is 398 g/mol. The van der Waals surface area contributed by atoms with E-state index in [1.54, 1.807) is 36.2 Å². The fourth-order valence-corrected chi connectivity index (χ4v) is 3.94. The van der Waals surface area contributed by atoms with E-state index in [0.717, 1.165) is 4.68 Å². The Bertz CT molecular complexity index is 1050. The van der Waals surface area contributed by atoms with E-state index in [2.05, 4.69) is 5.10 Å². The van der Waals surface area contributed by atoms with Gasteiger partial charge in [-0.25, -0.2) is 4.68 Å². The van der Waals surface area contributed by atoms with Gasteiger partial charge in [0.25, 0.3) is 11.5 Å². The summed E-state index contributed by atoms with van der Waals surface area (Å²) in [6.07, 6.45) is 2.65. The molecule has 1 saturated carbocycles. The van der Waals surface area contributed by atoms with E-state index < -0.39 is 5.56 Å². The highest BCUT2D eigenvalue weighted by atomic mass is 16.5. The molecule has 3 rings (SSSR count). The van der Waals surface area contributed by atoms with Crippen LogP contribution in [0.3, 0.4) is 0 Å². The molecule has 2 aromatic rings. The number of hydrogen-bond donors (Lipinski definition) is 2. The average molecular weight is 425 g/mol. The minimum Gasteiger partial charge on any atom is -0.469 e. The van der Waals surface area contributed by atoms with Crippen LogP contribution in [0.5, 0.6) is 0 Å². The Morgan fingerprint density at radius 3 is 2.35 bits per heavy atom. The maximum atomic E-state index is 13.2. The second kappa shape index (κ2) is 9.11. The van der Waals surface area contributed by atoms with Crippen LogP contribution >= 0.6 is 0 Å². The Morgan fingerprint density at radius 1 is 1.19 bits per heavy atom. The predicted molar refractivity (Wildman–Crippen MR) is 116 cm³/mol. The number of hydrogen-bond acceptors (Lipinski definition) is 6. The molecule has 31 heavy (non-hydrogen) atoms. The first-order chi connectivity index (χ1) is 14.7. The van der Waals surface area contributed by atoms with Crippen LogP contribution in [0, 0.1) is 11.3 Å². The molecule has 9 nitrogen and oxygen atoms in total. The van der Waals surface area contributed by atoms with Crippen LogP contribution in [0.15, 0.2) is 35.1 Å². The maximum absolute atomic E-state index is 13.2. The molecule has 164 valence electrons. The van der Waals surface area contributed by atoms with Crippen molar-refractivity contribution in [3.63, 3.8) is 0 Å². The van der Waals surface area contributed by atoms with Gasteiger partial charge in [0.2, 0.25) is 0 Å². The number of carbonyl (C=O) groups excluding carboxylic acids is 2. The standard InChI is InChI=1S/C22H27N5O4/c1-26(16-10-8-15(9-11-16)22(30)31-3)20(28)17-12-18(25-27(2)21(17)29)13-4-6-14(7-5-13)19(23)24/h4-7,12,15-16H,8-11H2,1-3H3,(H3,23,24)/t15-,16-. The molecule has 0 aliphatic heterocycles. The summed E-state index contributed by atoms with van der Waals surface area (Å²) >= 11 is 0. The fourth-order valence-electron chi connectivity index (χ4n) is 3.94. The van der Waals surface area contributed by atoms with Crippen molar-refractivity contribution in [3.05, 3.63) is 51.8 Å². The summed E-state index contributed by atoms with van der Waals surface area (Å²) in [6, 6.07) is 8.33. The lowest BCUT2D eigenvalue weighted by atomic mass is 9.85. The highest BCUT2D eigenvalue weighted by Crippen LogP contribution is 2.28. The van der Waals surface area contributed by atoms with Gasteiger partial charge >= 0.3 is 5.97 Å². The van der Waals surface area contributed by atoms with Crippen molar-refractivity contribution in [2.24, 2.45) is 18.7 Å². The lowest BCUT2D eigenvalue weighted by Crippen LogP contribution is -2.43. The molecule has 1 amide bonds. The first-order valence-corrected chi connectivity index (χ1v) is 10.1. The molecule has 1 aliphatic carbocycles. The third-order valence-electron chi connectivity index (χ3n) is 5.88. The molecule has 0 atom stereocenters. The molecule has 1 fully saturated rings. The summed E-state index contributed by atoms with van der Waals surface area (Å²) < 4.78 is 5.97. The molecule has 0 spiro atoms. The molecule has 1 aromatic heterocycles. The van der Waals surface area contributed by atoms with E-state index in [4.69, 9.17) is 15.9 Å². The van der Waals surface area contributed by atoms with E-state index in [-0.39, 0.29) is 35.2 Å². The molecular formula is C22H27N5O4. The second-order valence-electron chi connectivity index (χ2n) is 7.81. The predicted octanol–water partition coefficient (Wildman–Crippen LogP) is 1.54. The average Bonchev–Trinajstić information content (AvgIpc) is 2.79. The van der Waals surface area contributed by atoms with Crippen molar-refractivity contribution < 1.29 is 14.3 Å². The number of benzene rings is 1. The molecule has 3 N–H and O–H groups in total. The van der Waals surface area contributed by atoms with Gasteiger partial charge in [-0.1, -0.05) is 24.3 Å². The van der Waals surface area contributed by atoms with Gasteiger partial charge < -0.3 is 15.4 Å². The Kier molecular flexibility index (Phi) is 6.53. The van der Waals surface area contributed by atoms with E-state index in [0.29, 0.717) is 42.5 Å². The molecule has 0 radical (unpaired) electrons. The van der Waals surface area contributed by atoms with Crippen LogP contribution in [0.4, 0.5) is 0 Å². The van der Waals surface area contributed by atoms with Crippen molar-refractivity contribution in [1.29, 1.82) is 5.41 Å². The summed E-state index contributed by atoms with van der Waals surface area (Å²) in [5.41, 5.74) is 6.82. The van der Waals surface area contributed by atoms with Gasteiger partial charge in [-0.2, -0.15) is 5.10 Å². The quantitative estimate of drug-likeness (QED) is 0.424. The molecule has 1 heterocycles. The molecule has 0 bridgehead atoms. The van der Waals surface area contributed by atoms with Gasteiger partial charge in [0.1, 0.15) is 11.4 Å². The van der Waals surface area contributed by atoms with E-state index >= 15 is 0 Å². The van der Waals surface area contributed by atoms with Gasteiger partial charge in [-0.15, -0.1) is 0 Å². The van der Waals surface area contributed by atoms with Crippen LogP contribution in [-0.4, -0.2) is 52.6 Å². The monoisotopic (exact) mass is 425 g/mol. The molecule has 9 heteroatoms. The number of amides is 1. The largest absolute Gasteiger partial charge is 0.469 e. The number of amidine groups is 1. The van der Waals surface area contributed by atoms with Crippen LogP contribution in [0.2, 0.25) is 0 Å². The molecule has 1 aliphatic rings. The van der Waals surface area contributed by atoms with Gasteiger partial charge in [0, 0.05) is 31.3 Å². The van der Waals surface area contributed by atoms with Crippen molar-refractivity contribution in [2.75, 3.05) is 14.2 Å². The minimum atomic E-state index is -0.468. The zero-order valence-electron chi connectivity index (χ0n) is 17.9. The zero-order chi connectivity index (χ0) is 22.7. The van der Waals surface area contributed by atoms with Crippen molar-refractivity contribution in [2.45, 2.75) is 31.7 Å². The number of nitrogens with one attached hydrogen (secondary N) is 1. The zero-order valence-corrected chi connectivity index (χ0v) is 17.9. The van der Waals surface area contributed by atoms with E-state index in [1.165, 1.54) is 20.2 Å². The molecule has 0 saturated heterocycles. The Labute approximate surface area is 180 Å². The maximum Gasteiger partial charge on any atom is 0.308 e. The van der Waals surface area contributed by atoms with E-state index in [9.17, 15) is 14.4 Å². The third-order valence-corrected chi connectivity index (χ3v) is 5.88. The SMILES string of the molecule is COC(=O)[C@H]1CC[C@H](N(C)C(=O)c2cc(-c3ccc(C(=N)N)cc3)nn(C)c2=O)CC1. The topological polar surface area (TPSA) is 131 Å². The Morgan fingerprint density at radius 2 is 1.81 bits per heavy atom. The number of aryl methyl sites for hydroxylation is 1. The number of nitrogens with zero attached hydrogens (tertiary/aromatic N) is 3. The Balaban J connectivity index is 1.83. The number of ether oxygens (including phenoxy) is 1. The van der Waals surface area contributed by atoms with Gasteiger partial charge in [-0.05, 0) is 31.7 Å². The number of nitrogens with two attached hydrogens (primary N) is 1. The van der Waals surface area contributed by atoms with Crippen molar-refractivity contribution in [1.82, 2.24) is 14.7 Å². The normalized spacial score (nSPS) is 18.3. The summed E-state index contributed by atoms with van der Waals surface area (Å²) in [6.45, 7) is 0. The summed E-state index contributed by atoms with van der Waals surface area (Å²) in [5.74, 6) is -0.760. The lowest BCUT2D eigenvalue weighted by molar-refractivity contribution is -0.146. The van der Waals surface area contributed by atoms with Crippen LogP contribution in [0.1, 0.15) is 41.6 Å². The van der Waals surface area contributed by atoms with Crippen molar-refractivity contribution in [3.8, 4) is 11.3 Å². The first kappa shape index (κ1) is 22.2. The fraction of sp³-hybridized carbons (Fsp3) is 0.409. The third kappa shape index (κ3) is 4.65. The number of rotatable bonds is 5. The van der Waals surface area contributed by atoms with Gasteiger partial charge in [0.15, 0.2) is 0 Å². The van der Waals surface area contributed by atoms with Crippen LogP contribution < -0.4 is 11.3 Å². The van der Waals surface area contributed by atoms with Crippen molar-refractivity contribution >= 4 is 17.7 Å². The minimum absolute atomic E-state index is 0.0422. The lowest BCUT2D eigenvalue weighted by Gasteiger charge is -2.33. The number of esters is 1. The molecule has 1 aromatic carbocycles. The number of aromatic nitrogens is 2. The number of carbonyl (C=O) groups is 2. The summed E-state index contributed by atoms with van der Waals surface area (Å²) in [7, 11) is 4.58. The highest BCUT2D eigenvalue weighted by molar-refractivity contribution is 5.96.